The zero-order valence-electron chi connectivity index (χ0n) is 12.0. The van der Waals surface area contributed by atoms with Crippen LogP contribution < -0.4 is 58.7 Å². The van der Waals surface area contributed by atoms with Crippen LogP contribution in [0.4, 0.5) is 0 Å². The number of phosphoric acid groups is 5. The molecule has 20 nitrogen and oxygen atoms in total. The van der Waals surface area contributed by atoms with Crippen LogP contribution in [0.15, 0.2) is 0 Å². The number of hydrogen-bond donors (Lipinski definition) is 3. The molecule has 0 aromatic heterocycles. The summed E-state index contributed by atoms with van der Waals surface area (Å²) in [5.74, 6) is 0. The minimum atomic E-state index is -5.39. The molecule has 28 heteroatoms. The molecule has 28 heavy (non-hydrogen) atoms. The molecule has 0 bridgehead atoms. The summed E-state index contributed by atoms with van der Waals surface area (Å²) in [6, 6.07) is 0. The molecule has 0 heterocycles. The van der Waals surface area contributed by atoms with Gasteiger partial charge in [-0.2, -0.15) is 31.3 Å². The Bertz CT molecular complexity index is 379. The topological polar surface area (TPSA) is 423 Å². The van der Waals surface area contributed by atoms with Crippen LogP contribution in [0.2, 0.25) is 0 Å². The molecule has 0 aliphatic rings. The average Bonchev–Trinajstić information content (AvgIpc) is 1.79. The fourth-order valence-corrected chi connectivity index (χ4v) is 0. The summed E-state index contributed by atoms with van der Waals surface area (Å²) in [5.41, 5.74) is 0. The van der Waals surface area contributed by atoms with Crippen LogP contribution in [0.3, 0.4) is 0 Å². The van der Waals surface area contributed by atoms with Crippen molar-refractivity contribution in [2.24, 2.45) is 0 Å². The third-order valence-electron chi connectivity index (χ3n) is 0. The van der Waals surface area contributed by atoms with Crippen LogP contribution in [0.5, 0.6) is 0 Å². The first-order valence-electron chi connectivity index (χ1n) is 3.70. The molecule has 0 aliphatic heterocycles. The van der Waals surface area contributed by atoms with Crippen molar-refractivity contribution >= 4 is 111 Å². The van der Waals surface area contributed by atoms with Gasteiger partial charge in [0.15, 0.2) is 0 Å². The van der Waals surface area contributed by atoms with Crippen LogP contribution in [-0.4, -0.2) is 86.4 Å². The van der Waals surface area contributed by atoms with E-state index in [1.807, 2.05) is 0 Å². The van der Waals surface area contributed by atoms with Crippen LogP contribution in [0.25, 0.3) is 0 Å². The maximum absolute atomic E-state index is 8.88. The van der Waals surface area contributed by atoms with Gasteiger partial charge in [0.25, 0.3) is 0 Å². The van der Waals surface area contributed by atoms with Gasteiger partial charge in [-0.15, -0.1) is 0 Å². The van der Waals surface area contributed by atoms with Crippen molar-refractivity contribution in [3.05, 3.63) is 0 Å². The second-order valence-electron chi connectivity index (χ2n) is 2.30. The van der Waals surface area contributed by atoms with E-state index in [4.69, 9.17) is 96.2 Å². The molecule has 0 aliphatic carbocycles. The Morgan fingerprint density at radius 2 is 0.357 bits per heavy atom. The normalized spacial score (nSPS) is 10.5. The summed E-state index contributed by atoms with van der Waals surface area (Å²) >= 11 is 0. The number of rotatable bonds is 0. The summed E-state index contributed by atoms with van der Waals surface area (Å²) in [5, 5.41) is 0. The Morgan fingerprint density at radius 1 is 0.357 bits per heavy atom. The molecule has 0 spiro atoms. The van der Waals surface area contributed by atoms with E-state index < -0.39 is 39.1 Å². The zero-order chi connectivity index (χ0) is 22.5. The van der Waals surface area contributed by atoms with Gasteiger partial charge in [0.2, 0.25) is 0 Å². The minimum absolute atomic E-state index is 0. The molecule has 0 unspecified atom stereocenters. The SMILES string of the molecule is O=P(O)(O)O.O=P([O-])([O-])[O-].O=P([O-])([O-])[O-].O=P([O-])([O-])[O-].O=P([O-])([O-])[O-].[Sn+4].[Sn+4].[Sn+4]. The van der Waals surface area contributed by atoms with E-state index in [1.54, 1.807) is 0 Å². The molecule has 0 radical (unpaired) electrons. The Morgan fingerprint density at radius 3 is 0.357 bits per heavy atom. The quantitative estimate of drug-likeness (QED) is 0.151. The molecule has 0 saturated heterocycles. The van der Waals surface area contributed by atoms with Crippen molar-refractivity contribution in [2.75, 3.05) is 0 Å². The molecule has 0 atom stereocenters. The van der Waals surface area contributed by atoms with Crippen molar-refractivity contribution in [1.82, 2.24) is 0 Å². The Labute approximate surface area is 205 Å². The smallest absolute Gasteiger partial charge is 0.822 e. The zero-order valence-corrected chi connectivity index (χ0v) is 25.1. The van der Waals surface area contributed by atoms with E-state index in [0.29, 0.717) is 0 Å². The predicted molar refractivity (Wildman–Crippen MR) is 62.0 cm³/mol. The molecule has 0 saturated carbocycles. The summed E-state index contributed by atoms with van der Waals surface area (Å²) < 4.78 is 43.1. The third kappa shape index (κ3) is 2600. The van der Waals surface area contributed by atoms with Gasteiger partial charge in [-0.1, -0.05) is 0 Å². The Hall–Kier alpha value is 2.95. The van der Waals surface area contributed by atoms with E-state index in [1.165, 1.54) is 0 Å². The maximum Gasteiger partial charge on any atom is 4.00 e. The molecule has 0 rings (SSSR count). The molecule has 0 fully saturated rings. The molecule has 0 aromatic rings. The molecule has 160 valence electrons. The van der Waals surface area contributed by atoms with Crippen molar-refractivity contribution in [2.45, 2.75) is 0 Å². The van der Waals surface area contributed by atoms with Crippen molar-refractivity contribution in [3.8, 4) is 0 Å². The van der Waals surface area contributed by atoms with Gasteiger partial charge < -0.3 is 91.7 Å². The summed E-state index contributed by atoms with van der Waals surface area (Å²) in [7, 11) is -26.2. The van der Waals surface area contributed by atoms with Gasteiger partial charge in [0.05, 0.1) is 0 Å². The summed E-state index contributed by atoms with van der Waals surface area (Å²) in [4.78, 5) is 124. The molecule has 0 aromatic carbocycles. The Balaban J connectivity index is -0.0000000290. The van der Waals surface area contributed by atoms with Crippen LogP contribution in [0, 0.1) is 0 Å². The minimum Gasteiger partial charge on any atom is -0.822 e. The second kappa shape index (κ2) is 23.1. The molecule has 3 N–H and O–H groups in total. The first kappa shape index (κ1) is 52.7. The van der Waals surface area contributed by atoms with Gasteiger partial charge in [-0.25, -0.2) is 4.57 Å². The van der Waals surface area contributed by atoms with Gasteiger partial charge in [-0.05, 0) is 0 Å². The van der Waals surface area contributed by atoms with Crippen molar-refractivity contribution in [3.63, 3.8) is 0 Å². The van der Waals surface area contributed by atoms with Gasteiger partial charge in [0, 0.05) is 0 Å². The van der Waals surface area contributed by atoms with Crippen molar-refractivity contribution < 1.29 is 96.2 Å². The van der Waals surface area contributed by atoms with E-state index in [-0.39, 0.29) is 71.7 Å². The fourth-order valence-electron chi connectivity index (χ4n) is 0. The molecular weight excluding hydrogens is 831 g/mol. The summed E-state index contributed by atoms with van der Waals surface area (Å²) in [6.45, 7) is 0. The van der Waals surface area contributed by atoms with Gasteiger partial charge >= 0.3 is 79.5 Å². The second-order valence-corrected chi connectivity index (χ2v) is 6.91. The molecular formula is H3O20P5Sn3. The van der Waals surface area contributed by atoms with Crippen molar-refractivity contribution in [1.29, 1.82) is 0 Å². The third-order valence-corrected chi connectivity index (χ3v) is 0. The predicted octanol–water partition coefficient (Wildman–Crippen LogP) is -13.4. The first-order chi connectivity index (χ1) is 10.0. The first-order valence-corrected chi connectivity index (χ1v) is 11.1. The van der Waals surface area contributed by atoms with E-state index >= 15 is 0 Å². The van der Waals surface area contributed by atoms with E-state index in [9.17, 15) is 0 Å². The monoisotopic (exact) mass is 837 g/mol. The number of hydrogen-bond acceptors (Lipinski definition) is 17. The van der Waals surface area contributed by atoms with Crippen LogP contribution in [-0.2, 0) is 22.8 Å². The summed E-state index contributed by atoms with van der Waals surface area (Å²) in [6.07, 6.45) is 0. The van der Waals surface area contributed by atoms with Gasteiger partial charge in [0.1, 0.15) is 0 Å². The molecule has 0 amide bonds. The Kier molecular flexibility index (Phi) is 43.5. The van der Waals surface area contributed by atoms with E-state index in [2.05, 4.69) is 0 Å². The largest absolute Gasteiger partial charge is 4.00 e. The van der Waals surface area contributed by atoms with Crippen LogP contribution in [0.1, 0.15) is 0 Å². The van der Waals surface area contributed by atoms with E-state index in [0.717, 1.165) is 0 Å². The van der Waals surface area contributed by atoms with Gasteiger partial charge in [-0.3, -0.25) is 0 Å². The maximum atomic E-state index is 8.88. The fraction of sp³-hybridized carbons (Fsp3) is 0. The van der Waals surface area contributed by atoms with Crippen LogP contribution >= 0.6 is 39.1 Å². The average molecular weight is 834 g/mol. The standard InChI is InChI=1S/5H3O4P.3Sn/c5*1-5(2,3)4;;;/h5*(H3,1,2,3,4);;;/q;;;;;3*+4/p-12.